The molecule has 1 fully saturated rings. The molecule has 2 atom stereocenters. The van der Waals surface area contributed by atoms with Gasteiger partial charge in [-0.2, -0.15) is 0 Å². The van der Waals surface area contributed by atoms with Gasteiger partial charge in [0.1, 0.15) is 11.5 Å². The molecule has 0 radical (unpaired) electrons. The standard InChI is InChI=1S/C21H26N2O3S/c1-13-6-8-16(9-7-13)21-23-18(14(2)26-21)12-25-17-5-3-4-15(10-17)11-19(27)20(22)24/h6-9,11,15,17,27H,3-5,10,12H2,1-2H3,(H2,22,24)/b19-11+. The molecule has 0 aliphatic heterocycles. The second kappa shape index (κ2) is 8.76. The summed E-state index contributed by atoms with van der Waals surface area (Å²) < 4.78 is 11.9. The highest BCUT2D eigenvalue weighted by Crippen LogP contribution is 2.30. The highest BCUT2D eigenvalue weighted by molar-refractivity contribution is 7.85. The number of rotatable bonds is 6. The van der Waals surface area contributed by atoms with Crippen LogP contribution in [0.25, 0.3) is 11.5 Å². The van der Waals surface area contributed by atoms with Crippen LogP contribution >= 0.6 is 12.6 Å². The zero-order valence-electron chi connectivity index (χ0n) is 15.8. The van der Waals surface area contributed by atoms with Crippen LogP contribution in [0.1, 0.15) is 42.7 Å². The van der Waals surface area contributed by atoms with E-state index in [0.717, 1.165) is 42.7 Å². The number of ether oxygens (including phenoxy) is 1. The fourth-order valence-electron chi connectivity index (χ4n) is 3.37. The van der Waals surface area contributed by atoms with E-state index in [0.29, 0.717) is 17.4 Å². The Hall–Kier alpha value is -2.05. The number of aryl methyl sites for hydroxylation is 2. The molecule has 1 heterocycles. The Morgan fingerprint density at radius 3 is 2.78 bits per heavy atom. The fraction of sp³-hybridized carbons (Fsp3) is 0.429. The Bertz CT molecular complexity index is 826. The summed E-state index contributed by atoms with van der Waals surface area (Å²) in [4.78, 5) is 16.1. The Balaban J connectivity index is 1.60. The van der Waals surface area contributed by atoms with Gasteiger partial charge in [0, 0.05) is 5.56 Å². The molecule has 0 spiro atoms. The first-order chi connectivity index (χ1) is 12.9. The molecule has 6 heteroatoms. The molecule has 2 unspecified atom stereocenters. The summed E-state index contributed by atoms with van der Waals surface area (Å²) in [5.41, 5.74) is 8.26. The summed E-state index contributed by atoms with van der Waals surface area (Å²) in [6, 6.07) is 8.11. The van der Waals surface area contributed by atoms with Gasteiger partial charge in [-0.3, -0.25) is 4.79 Å². The molecule has 1 amide bonds. The van der Waals surface area contributed by atoms with Gasteiger partial charge < -0.3 is 14.9 Å². The first-order valence-corrected chi connectivity index (χ1v) is 9.72. The van der Waals surface area contributed by atoms with Crippen molar-refractivity contribution >= 4 is 18.5 Å². The third-order valence-electron chi connectivity index (χ3n) is 4.96. The first kappa shape index (κ1) is 19.7. The number of thiol groups is 1. The van der Waals surface area contributed by atoms with Crippen LogP contribution in [-0.4, -0.2) is 17.0 Å². The van der Waals surface area contributed by atoms with Crippen molar-refractivity contribution in [3.63, 3.8) is 0 Å². The molecular formula is C21H26N2O3S. The maximum atomic E-state index is 11.2. The zero-order chi connectivity index (χ0) is 19.4. The number of benzene rings is 1. The third-order valence-corrected chi connectivity index (χ3v) is 5.33. The maximum Gasteiger partial charge on any atom is 0.254 e. The predicted octanol–water partition coefficient (Wildman–Crippen LogP) is 4.33. The number of allylic oxidation sites excluding steroid dienone is 1. The second-order valence-electron chi connectivity index (χ2n) is 7.16. The molecule has 5 nitrogen and oxygen atoms in total. The van der Waals surface area contributed by atoms with E-state index in [1.165, 1.54) is 5.56 Å². The molecule has 0 saturated heterocycles. The molecule has 1 saturated carbocycles. The number of carbonyl (C=O) groups is 1. The topological polar surface area (TPSA) is 78.4 Å². The Labute approximate surface area is 165 Å². The summed E-state index contributed by atoms with van der Waals surface area (Å²) in [6.45, 7) is 4.39. The quantitative estimate of drug-likeness (QED) is 0.572. The molecule has 1 aliphatic carbocycles. The molecule has 2 aromatic rings. The van der Waals surface area contributed by atoms with Gasteiger partial charge in [0.2, 0.25) is 5.89 Å². The van der Waals surface area contributed by atoms with E-state index in [2.05, 4.69) is 24.5 Å². The lowest BCUT2D eigenvalue weighted by atomic mass is 9.87. The number of nitrogens with two attached hydrogens (primary N) is 1. The predicted molar refractivity (Wildman–Crippen MR) is 108 cm³/mol. The monoisotopic (exact) mass is 386 g/mol. The lowest BCUT2D eigenvalue weighted by Gasteiger charge is -2.27. The largest absolute Gasteiger partial charge is 0.441 e. The van der Waals surface area contributed by atoms with Crippen molar-refractivity contribution in [3.05, 3.63) is 52.3 Å². The first-order valence-electron chi connectivity index (χ1n) is 9.28. The number of oxazole rings is 1. The molecular weight excluding hydrogens is 360 g/mol. The number of primary amides is 1. The average molecular weight is 387 g/mol. The van der Waals surface area contributed by atoms with Crippen molar-refractivity contribution in [2.45, 2.75) is 52.2 Å². The van der Waals surface area contributed by atoms with Crippen molar-refractivity contribution in [2.24, 2.45) is 11.7 Å². The number of carbonyl (C=O) groups excluding carboxylic acids is 1. The molecule has 1 aliphatic rings. The van der Waals surface area contributed by atoms with Crippen molar-refractivity contribution in [2.75, 3.05) is 0 Å². The lowest BCUT2D eigenvalue weighted by Crippen LogP contribution is -2.23. The van der Waals surface area contributed by atoms with Crippen molar-refractivity contribution < 1.29 is 13.9 Å². The summed E-state index contributed by atoms with van der Waals surface area (Å²) in [5, 5.41) is 0. The van der Waals surface area contributed by atoms with Gasteiger partial charge in [0.05, 0.1) is 17.6 Å². The van der Waals surface area contributed by atoms with Gasteiger partial charge in [-0.1, -0.05) is 30.2 Å². The van der Waals surface area contributed by atoms with Crippen LogP contribution in [-0.2, 0) is 16.1 Å². The van der Waals surface area contributed by atoms with Gasteiger partial charge in [0.25, 0.3) is 5.91 Å². The lowest BCUT2D eigenvalue weighted by molar-refractivity contribution is -0.113. The van der Waals surface area contributed by atoms with Gasteiger partial charge in [-0.05, 0) is 51.2 Å². The van der Waals surface area contributed by atoms with Crippen molar-refractivity contribution in [1.82, 2.24) is 4.98 Å². The highest BCUT2D eigenvalue weighted by Gasteiger charge is 2.23. The summed E-state index contributed by atoms with van der Waals surface area (Å²) >= 11 is 4.15. The molecule has 1 aromatic heterocycles. The smallest absolute Gasteiger partial charge is 0.254 e. The molecule has 1 aromatic carbocycles. The van der Waals surface area contributed by atoms with Crippen LogP contribution in [0.3, 0.4) is 0 Å². The second-order valence-corrected chi connectivity index (χ2v) is 7.65. The van der Waals surface area contributed by atoms with Crippen LogP contribution in [0.2, 0.25) is 0 Å². The molecule has 144 valence electrons. The van der Waals surface area contributed by atoms with E-state index < -0.39 is 5.91 Å². The minimum atomic E-state index is -0.483. The van der Waals surface area contributed by atoms with Crippen LogP contribution < -0.4 is 5.73 Å². The van der Waals surface area contributed by atoms with Gasteiger partial charge in [-0.25, -0.2) is 4.98 Å². The molecule has 3 rings (SSSR count). The summed E-state index contributed by atoms with van der Waals surface area (Å²) in [6.07, 6.45) is 5.94. The van der Waals surface area contributed by atoms with Gasteiger partial charge in [-0.15, -0.1) is 12.6 Å². The van der Waals surface area contributed by atoms with Gasteiger partial charge in [0.15, 0.2) is 0 Å². The minimum Gasteiger partial charge on any atom is -0.441 e. The Kier molecular flexibility index (Phi) is 6.39. The average Bonchev–Trinajstić information content (AvgIpc) is 3.01. The van der Waals surface area contributed by atoms with E-state index in [1.807, 2.05) is 37.3 Å². The third kappa shape index (κ3) is 5.23. The van der Waals surface area contributed by atoms with Crippen LogP contribution in [0.5, 0.6) is 0 Å². The van der Waals surface area contributed by atoms with Crippen LogP contribution in [0, 0.1) is 19.8 Å². The number of hydrogen-bond acceptors (Lipinski definition) is 5. The maximum absolute atomic E-state index is 11.2. The van der Waals surface area contributed by atoms with Crippen LogP contribution in [0.4, 0.5) is 0 Å². The van der Waals surface area contributed by atoms with E-state index in [-0.39, 0.29) is 12.0 Å². The Morgan fingerprint density at radius 2 is 2.07 bits per heavy atom. The number of aromatic nitrogens is 1. The fourth-order valence-corrected chi connectivity index (χ4v) is 3.58. The molecule has 2 N–H and O–H groups in total. The highest BCUT2D eigenvalue weighted by atomic mass is 32.1. The van der Waals surface area contributed by atoms with E-state index in [9.17, 15) is 4.79 Å². The summed E-state index contributed by atoms with van der Waals surface area (Å²) in [7, 11) is 0. The van der Waals surface area contributed by atoms with Crippen molar-refractivity contribution in [1.29, 1.82) is 0 Å². The zero-order valence-corrected chi connectivity index (χ0v) is 16.7. The SMILES string of the molecule is Cc1ccc(-c2nc(COC3CCCC(/C=C(/S)C(N)=O)C3)c(C)o2)cc1. The van der Waals surface area contributed by atoms with Crippen LogP contribution in [0.15, 0.2) is 39.7 Å². The van der Waals surface area contributed by atoms with E-state index in [4.69, 9.17) is 14.9 Å². The van der Waals surface area contributed by atoms with E-state index >= 15 is 0 Å². The minimum absolute atomic E-state index is 0.132. The van der Waals surface area contributed by atoms with Crippen molar-refractivity contribution in [3.8, 4) is 11.5 Å². The number of hydrogen-bond donors (Lipinski definition) is 2. The molecule has 0 bridgehead atoms. The Morgan fingerprint density at radius 1 is 1.33 bits per heavy atom. The normalized spacial score (nSPS) is 20.6. The summed E-state index contributed by atoms with van der Waals surface area (Å²) in [5.74, 6) is 1.19. The number of amides is 1. The molecule has 27 heavy (non-hydrogen) atoms. The van der Waals surface area contributed by atoms with Gasteiger partial charge >= 0.3 is 0 Å². The van der Waals surface area contributed by atoms with E-state index in [1.54, 1.807) is 0 Å². The number of nitrogens with zero attached hydrogens (tertiary/aromatic N) is 1.